The molecule has 0 bridgehead atoms. The number of pyridine rings is 1. The third-order valence-electron chi connectivity index (χ3n) is 7.22. The first-order valence-corrected chi connectivity index (χ1v) is 11.8. The first-order chi connectivity index (χ1) is 15.7. The van der Waals surface area contributed by atoms with Crippen LogP contribution in [0.5, 0.6) is 0 Å². The summed E-state index contributed by atoms with van der Waals surface area (Å²) in [6.07, 6.45) is 5.79. The standard InChI is InChI=1S/C27H28N2O3/c30-26(21-6-7-21)29-15-12-23(13-16-29)27(31-17-18-32-27)22-10-8-19(9-11-22)24-5-1-3-20-4-2-14-28-25(20)24/h1-5,8-11,14,21,23H,6-7,12-13,15-18H2. The molecule has 0 spiro atoms. The highest BCUT2D eigenvalue weighted by atomic mass is 16.7. The second kappa shape index (κ2) is 7.98. The van der Waals surface area contributed by atoms with Crippen molar-refractivity contribution >= 4 is 16.8 Å². The minimum atomic E-state index is -0.704. The molecule has 2 aromatic carbocycles. The Labute approximate surface area is 188 Å². The number of amides is 1. The maximum absolute atomic E-state index is 12.5. The summed E-state index contributed by atoms with van der Waals surface area (Å²) in [6.45, 7) is 2.81. The molecule has 164 valence electrons. The average molecular weight is 429 g/mol. The van der Waals surface area contributed by atoms with E-state index in [1.54, 1.807) is 0 Å². The average Bonchev–Trinajstić information content (AvgIpc) is 3.59. The van der Waals surface area contributed by atoms with Crippen molar-refractivity contribution in [2.45, 2.75) is 31.5 Å². The van der Waals surface area contributed by atoms with E-state index in [0.29, 0.717) is 19.1 Å². The van der Waals surface area contributed by atoms with Crippen LogP contribution < -0.4 is 0 Å². The molecule has 3 heterocycles. The predicted molar refractivity (Wildman–Crippen MR) is 123 cm³/mol. The zero-order valence-electron chi connectivity index (χ0n) is 18.2. The van der Waals surface area contributed by atoms with E-state index in [0.717, 1.165) is 66.4 Å². The first kappa shape index (κ1) is 19.9. The van der Waals surface area contributed by atoms with Crippen LogP contribution in [0.2, 0.25) is 0 Å². The van der Waals surface area contributed by atoms with E-state index in [-0.39, 0.29) is 11.8 Å². The van der Waals surface area contributed by atoms with Gasteiger partial charge in [0.25, 0.3) is 0 Å². The lowest BCUT2D eigenvalue weighted by atomic mass is 9.83. The number of likely N-dealkylation sites (tertiary alicyclic amines) is 1. The van der Waals surface area contributed by atoms with Crippen LogP contribution in [0, 0.1) is 11.8 Å². The van der Waals surface area contributed by atoms with Crippen LogP contribution >= 0.6 is 0 Å². The van der Waals surface area contributed by atoms with Gasteiger partial charge >= 0.3 is 0 Å². The molecule has 1 aliphatic carbocycles. The maximum Gasteiger partial charge on any atom is 0.225 e. The van der Waals surface area contributed by atoms with Crippen molar-refractivity contribution < 1.29 is 14.3 Å². The minimum absolute atomic E-state index is 0.248. The van der Waals surface area contributed by atoms with Crippen LogP contribution in [0.15, 0.2) is 60.8 Å². The Morgan fingerprint density at radius 2 is 1.62 bits per heavy atom. The van der Waals surface area contributed by atoms with Crippen LogP contribution in [0.1, 0.15) is 31.2 Å². The summed E-state index contributed by atoms with van der Waals surface area (Å²) in [5.41, 5.74) is 4.34. The maximum atomic E-state index is 12.5. The van der Waals surface area contributed by atoms with Gasteiger partial charge in [0.2, 0.25) is 5.91 Å². The lowest BCUT2D eigenvalue weighted by Gasteiger charge is -2.41. The molecular weight excluding hydrogens is 400 g/mol. The molecule has 0 N–H and O–H groups in total. The Bertz CT molecular complexity index is 1120. The third kappa shape index (κ3) is 3.40. The van der Waals surface area contributed by atoms with Crippen LogP contribution in [0.4, 0.5) is 0 Å². The van der Waals surface area contributed by atoms with Crippen LogP contribution in [-0.4, -0.2) is 42.1 Å². The van der Waals surface area contributed by atoms with Gasteiger partial charge in [-0.1, -0.05) is 48.5 Å². The number of carbonyl (C=O) groups is 1. The summed E-state index contributed by atoms with van der Waals surface area (Å²) in [5.74, 6) is 0.178. The molecule has 5 nitrogen and oxygen atoms in total. The van der Waals surface area contributed by atoms with E-state index < -0.39 is 5.79 Å². The van der Waals surface area contributed by atoms with E-state index >= 15 is 0 Å². The summed E-state index contributed by atoms with van der Waals surface area (Å²) >= 11 is 0. The molecule has 3 fully saturated rings. The molecule has 1 aromatic heterocycles. The highest BCUT2D eigenvalue weighted by Gasteiger charge is 2.48. The fourth-order valence-corrected chi connectivity index (χ4v) is 5.35. The fraction of sp³-hybridized carbons (Fsp3) is 0.407. The molecule has 5 heteroatoms. The number of piperidine rings is 1. The van der Waals surface area contributed by atoms with E-state index in [4.69, 9.17) is 9.47 Å². The number of para-hydroxylation sites is 1. The van der Waals surface area contributed by atoms with Crippen molar-refractivity contribution in [3.8, 4) is 11.1 Å². The van der Waals surface area contributed by atoms with Crippen molar-refractivity contribution in [3.05, 3.63) is 66.4 Å². The second-order valence-corrected chi connectivity index (χ2v) is 9.20. The van der Waals surface area contributed by atoms with E-state index in [1.807, 2.05) is 17.2 Å². The van der Waals surface area contributed by atoms with E-state index in [2.05, 4.69) is 53.5 Å². The van der Waals surface area contributed by atoms with Gasteiger partial charge in [-0.15, -0.1) is 0 Å². The number of ether oxygens (including phenoxy) is 2. The minimum Gasteiger partial charge on any atom is -0.343 e. The number of nitrogens with zero attached hydrogens (tertiary/aromatic N) is 2. The van der Waals surface area contributed by atoms with Gasteiger partial charge in [0.05, 0.1) is 18.7 Å². The Hall–Kier alpha value is -2.76. The fourth-order valence-electron chi connectivity index (χ4n) is 5.35. The highest BCUT2D eigenvalue weighted by Crippen LogP contribution is 2.44. The smallest absolute Gasteiger partial charge is 0.225 e. The number of benzene rings is 2. The molecule has 0 unspecified atom stereocenters. The normalized spacial score (nSPS) is 21.2. The number of hydrogen-bond donors (Lipinski definition) is 0. The van der Waals surface area contributed by atoms with Crippen molar-refractivity contribution in [2.24, 2.45) is 11.8 Å². The molecule has 2 saturated heterocycles. The molecule has 3 aromatic rings. The van der Waals surface area contributed by atoms with E-state index in [9.17, 15) is 4.79 Å². The van der Waals surface area contributed by atoms with Gasteiger partial charge in [-0.2, -0.15) is 0 Å². The van der Waals surface area contributed by atoms with Crippen molar-refractivity contribution in [1.29, 1.82) is 0 Å². The zero-order valence-corrected chi connectivity index (χ0v) is 18.2. The summed E-state index contributed by atoms with van der Waals surface area (Å²) in [7, 11) is 0. The molecule has 6 rings (SSSR count). The lowest BCUT2D eigenvalue weighted by molar-refractivity contribution is -0.214. The lowest BCUT2D eigenvalue weighted by Crippen LogP contribution is -2.46. The molecule has 0 atom stereocenters. The van der Waals surface area contributed by atoms with Gasteiger partial charge in [0, 0.05) is 47.6 Å². The molecule has 2 aliphatic heterocycles. The van der Waals surface area contributed by atoms with Crippen molar-refractivity contribution in [1.82, 2.24) is 9.88 Å². The van der Waals surface area contributed by atoms with Gasteiger partial charge in [0.1, 0.15) is 0 Å². The molecule has 0 radical (unpaired) electrons. The van der Waals surface area contributed by atoms with Crippen LogP contribution in [0.25, 0.3) is 22.0 Å². The SMILES string of the molecule is O=C(C1CC1)N1CCC(C2(c3ccc(-c4cccc5cccnc45)cc3)OCCO2)CC1. The highest BCUT2D eigenvalue weighted by molar-refractivity contribution is 5.93. The number of aromatic nitrogens is 1. The zero-order chi connectivity index (χ0) is 21.5. The Morgan fingerprint density at radius 3 is 2.34 bits per heavy atom. The van der Waals surface area contributed by atoms with Gasteiger partial charge in [0.15, 0.2) is 5.79 Å². The Balaban J connectivity index is 1.26. The number of rotatable bonds is 4. The molecular formula is C27H28N2O3. The topological polar surface area (TPSA) is 51.7 Å². The summed E-state index contributed by atoms with van der Waals surface area (Å²) in [4.78, 5) is 19.1. The second-order valence-electron chi connectivity index (χ2n) is 9.20. The van der Waals surface area contributed by atoms with Gasteiger partial charge in [-0.3, -0.25) is 9.78 Å². The molecule has 1 saturated carbocycles. The summed E-state index contributed by atoms with van der Waals surface area (Å²) in [6, 6.07) is 18.9. The largest absolute Gasteiger partial charge is 0.343 e. The Morgan fingerprint density at radius 1 is 0.906 bits per heavy atom. The molecule has 3 aliphatic rings. The van der Waals surface area contributed by atoms with Gasteiger partial charge in [-0.05, 0) is 37.3 Å². The van der Waals surface area contributed by atoms with Crippen molar-refractivity contribution in [2.75, 3.05) is 26.3 Å². The summed E-state index contributed by atoms with van der Waals surface area (Å²) < 4.78 is 12.6. The predicted octanol–water partition coefficient (Wildman–Crippen LogP) is 4.75. The van der Waals surface area contributed by atoms with E-state index in [1.165, 1.54) is 0 Å². The van der Waals surface area contributed by atoms with Crippen LogP contribution in [0.3, 0.4) is 0 Å². The van der Waals surface area contributed by atoms with Crippen LogP contribution in [-0.2, 0) is 20.1 Å². The van der Waals surface area contributed by atoms with Crippen molar-refractivity contribution in [3.63, 3.8) is 0 Å². The van der Waals surface area contributed by atoms with Gasteiger partial charge in [-0.25, -0.2) is 0 Å². The number of hydrogen-bond acceptors (Lipinski definition) is 4. The Kier molecular flexibility index (Phi) is 4.96. The molecule has 32 heavy (non-hydrogen) atoms. The quantitative estimate of drug-likeness (QED) is 0.602. The monoisotopic (exact) mass is 428 g/mol. The van der Waals surface area contributed by atoms with Gasteiger partial charge < -0.3 is 14.4 Å². The number of carbonyl (C=O) groups excluding carboxylic acids is 1. The third-order valence-corrected chi connectivity index (χ3v) is 7.22. The first-order valence-electron chi connectivity index (χ1n) is 11.8. The number of fused-ring (bicyclic) bond motifs is 1. The molecule has 1 amide bonds. The summed E-state index contributed by atoms with van der Waals surface area (Å²) in [5, 5.41) is 1.14.